The van der Waals surface area contributed by atoms with Gasteiger partial charge in [0.2, 0.25) is 17.7 Å². The highest BCUT2D eigenvalue weighted by Gasteiger charge is 2.30. The Morgan fingerprint density at radius 3 is 2.41 bits per heavy atom. The first-order valence-electron chi connectivity index (χ1n) is 12.7. The van der Waals surface area contributed by atoms with E-state index in [4.69, 9.17) is 0 Å². The molecule has 1 aliphatic carbocycles. The number of carbonyl (C=O) groups is 2. The quantitative estimate of drug-likeness (QED) is 0.329. The van der Waals surface area contributed by atoms with Gasteiger partial charge < -0.3 is 15.6 Å². The molecule has 14 heteroatoms. The Morgan fingerprint density at radius 1 is 1.10 bits per heavy atom. The van der Waals surface area contributed by atoms with Gasteiger partial charge >= 0.3 is 6.18 Å². The molecule has 2 heterocycles. The van der Waals surface area contributed by atoms with Crippen molar-refractivity contribution in [3.63, 3.8) is 0 Å². The number of halogens is 5. The Bertz CT molecular complexity index is 1250. The number of imidazole rings is 1. The summed E-state index contributed by atoms with van der Waals surface area (Å²) in [5.74, 6) is -2.84. The van der Waals surface area contributed by atoms with Crippen molar-refractivity contribution in [3.05, 3.63) is 41.7 Å². The predicted molar refractivity (Wildman–Crippen MR) is 133 cm³/mol. The maximum absolute atomic E-state index is 12.2. The van der Waals surface area contributed by atoms with Gasteiger partial charge in [0.1, 0.15) is 12.2 Å². The van der Waals surface area contributed by atoms with Crippen molar-refractivity contribution in [2.24, 2.45) is 0 Å². The first kappa shape index (κ1) is 30.0. The van der Waals surface area contributed by atoms with Crippen LogP contribution in [0.3, 0.4) is 0 Å². The molecule has 214 valence electrons. The third-order valence-electron chi connectivity index (χ3n) is 5.96. The fraction of sp³-hybridized carbons (Fsp3) is 0.560. The Kier molecular flexibility index (Phi) is 9.97. The van der Waals surface area contributed by atoms with Crippen LogP contribution in [-0.4, -0.2) is 48.6 Å². The van der Waals surface area contributed by atoms with Crippen LogP contribution in [0.1, 0.15) is 86.8 Å². The molecule has 0 spiro atoms. The molecule has 9 nitrogen and oxygen atoms in total. The Balaban J connectivity index is 0.000000449. The largest absolute Gasteiger partial charge is 0.389 e. The van der Waals surface area contributed by atoms with E-state index in [1.165, 1.54) is 6.33 Å². The minimum atomic E-state index is -4.36. The van der Waals surface area contributed by atoms with Gasteiger partial charge in [0, 0.05) is 31.8 Å². The highest BCUT2D eigenvalue weighted by molar-refractivity contribution is 5.90. The number of H-pyrrole nitrogens is 1. The van der Waals surface area contributed by atoms with E-state index in [1.54, 1.807) is 22.9 Å². The van der Waals surface area contributed by atoms with E-state index in [0.717, 1.165) is 6.42 Å². The Labute approximate surface area is 222 Å². The highest BCUT2D eigenvalue weighted by Crippen LogP contribution is 2.32. The zero-order valence-electron chi connectivity index (χ0n) is 21.7. The zero-order chi connectivity index (χ0) is 28.6. The number of aromatic amines is 1. The molecule has 2 aromatic heterocycles. The Hall–Kier alpha value is -3.58. The van der Waals surface area contributed by atoms with E-state index in [2.05, 4.69) is 30.7 Å². The van der Waals surface area contributed by atoms with Crippen LogP contribution in [0.5, 0.6) is 0 Å². The minimum Gasteiger partial charge on any atom is -0.352 e. The van der Waals surface area contributed by atoms with Gasteiger partial charge in [0.05, 0.1) is 24.0 Å². The number of hydrogen-bond donors (Lipinski definition) is 3. The molecule has 1 aliphatic rings. The van der Waals surface area contributed by atoms with E-state index in [9.17, 15) is 31.5 Å². The topological polar surface area (TPSA) is 118 Å². The lowest BCUT2D eigenvalue weighted by Gasteiger charge is -2.20. The van der Waals surface area contributed by atoms with Gasteiger partial charge in [-0.3, -0.25) is 9.59 Å². The van der Waals surface area contributed by atoms with Crippen LogP contribution in [0.15, 0.2) is 24.5 Å². The summed E-state index contributed by atoms with van der Waals surface area (Å²) < 4.78 is 62.5. The summed E-state index contributed by atoms with van der Waals surface area (Å²) in [6, 6.07) is 5.27. The molecule has 1 aromatic carbocycles. The maximum atomic E-state index is 12.2. The number of amides is 2. The number of benzene rings is 1. The third-order valence-corrected chi connectivity index (χ3v) is 5.96. The number of rotatable bonds is 8. The maximum Gasteiger partial charge on any atom is 0.389 e. The van der Waals surface area contributed by atoms with Crippen LogP contribution >= 0.6 is 0 Å². The molecular formula is C25H32F5N7O2. The van der Waals surface area contributed by atoms with E-state index in [0.29, 0.717) is 35.3 Å². The fourth-order valence-corrected chi connectivity index (χ4v) is 3.79. The number of hydrogen-bond acceptors (Lipinski definition) is 5. The molecule has 0 unspecified atom stereocenters. The average Bonchev–Trinajstić information content (AvgIpc) is 3.52. The fourth-order valence-electron chi connectivity index (χ4n) is 3.79. The van der Waals surface area contributed by atoms with Crippen molar-refractivity contribution in [3.8, 4) is 0 Å². The van der Waals surface area contributed by atoms with E-state index < -0.39 is 36.8 Å². The number of aromatic nitrogens is 5. The van der Waals surface area contributed by atoms with Gasteiger partial charge in [0.25, 0.3) is 5.91 Å². The van der Waals surface area contributed by atoms with Gasteiger partial charge in [-0.25, -0.2) is 23.4 Å². The monoisotopic (exact) mass is 557 g/mol. The lowest BCUT2D eigenvalue weighted by molar-refractivity contribution is -0.144. The number of alkyl halides is 5. The van der Waals surface area contributed by atoms with Crippen molar-refractivity contribution >= 4 is 22.8 Å². The molecule has 4 rings (SSSR count). The van der Waals surface area contributed by atoms with Crippen LogP contribution in [-0.2, 0) is 17.9 Å². The number of fused-ring (bicyclic) bond motifs is 1. The summed E-state index contributed by atoms with van der Waals surface area (Å²) in [6.07, 6.45) is -1.97. The standard InChI is InChI=1S/C19H22F3N7O2.C6H10F2/c1-11(2)29-10-25-17(28-29)18(31)24-9-15-26-13-4-3-12(7-14(13)27-15)8-23-16(30)5-6-19(20,21)22;7-6(8)4-2-1-3-5-6/h3-4,7,10-11H,5-6,8-9H2,1-2H3,(H,23,30)(H,24,31)(H,26,27);1-5H2. The second-order valence-electron chi connectivity index (χ2n) is 9.67. The van der Waals surface area contributed by atoms with E-state index in [1.807, 2.05) is 13.8 Å². The van der Waals surface area contributed by atoms with E-state index >= 15 is 0 Å². The number of nitrogens with zero attached hydrogens (tertiary/aromatic N) is 4. The third kappa shape index (κ3) is 9.91. The molecule has 0 aliphatic heterocycles. The molecule has 3 N–H and O–H groups in total. The van der Waals surface area contributed by atoms with Gasteiger partial charge in [-0.1, -0.05) is 12.5 Å². The van der Waals surface area contributed by atoms with Gasteiger partial charge in [0.15, 0.2) is 0 Å². The average molecular weight is 558 g/mol. The lowest BCUT2D eigenvalue weighted by atomic mass is 9.97. The van der Waals surface area contributed by atoms with E-state index in [-0.39, 0.29) is 37.8 Å². The smallest absolute Gasteiger partial charge is 0.352 e. The van der Waals surface area contributed by atoms with Crippen molar-refractivity contribution in [1.82, 2.24) is 35.4 Å². The molecular weight excluding hydrogens is 525 g/mol. The van der Waals surface area contributed by atoms with Crippen molar-refractivity contribution in [1.29, 1.82) is 0 Å². The Morgan fingerprint density at radius 2 is 1.82 bits per heavy atom. The van der Waals surface area contributed by atoms with Crippen LogP contribution < -0.4 is 10.6 Å². The number of carbonyl (C=O) groups excluding carboxylic acids is 2. The molecule has 2 amide bonds. The van der Waals surface area contributed by atoms with Crippen molar-refractivity contribution < 1.29 is 31.5 Å². The molecule has 0 atom stereocenters. The van der Waals surface area contributed by atoms with Gasteiger partial charge in [-0.05, 0) is 44.4 Å². The van der Waals surface area contributed by atoms with Crippen LogP contribution in [0.25, 0.3) is 11.0 Å². The summed E-state index contributed by atoms with van der Waals surface area (Å²) in [7, 11) is 0. The van der Waals surface area contributed by atoms with Crippen molar-refractivity contribution in [2.75, 3.05) is 0 Å². The zero-order valence-corrected chi connectivity index (χ0v) is 21.7. The SMILES string of the molecule is CC(C)n1cnc(C(=O)NCc2nc3ccc(CNC(=O)CCC(F)(F)F)cc3[nH]2)n1.FC1(F)CCCCC1. The minimum absolute atomic E-state index is 0.0633. The van der Waals surface area contributed by atoms with Crippen molar-refractivity contribution in [2.45, 2.75) is 90.0 Å². The van der Waals surface area contributed by atoms with Crippen LogP contribution in [0.4, 0.5) is 22.0 Å². The number of nitrogens with one attached hydrogen (secondary N) is 3. The molecule has 0 saturated heterocycles. The van der Waals surface area contributed by atoms with Crippen LogP contribution in [0, 0.1) is 0 Å². The summed E-state index contributed by atoms with van der Waals surface area (Å²) in [4.78, 5) is 35.2. The van der Waals surface area contributed by atoms with Gasteiger partial charge in [-0.15, -0.1) is 5.10 Å². The first-order valence-corrected chi connectivity index (χ1v) is 12.7. The first-order chi connectivity index (χ1) is 18.3. The predicted octanol–water partition coefficient (Wildman–Crippen LogP) is 5.21. The summed E-state index contributed by atoms with van der Waals surface area (Å²) in [6.45, 7) is 4.08. The summed E-state index contributed by atoms with van der Waals surface area (Å²) >= 11 is 0. The molecule has 1 fully saturated rings. The molecule has 0 radical (unpaired) electrons. The van der Waals surface area contributed by atoms with Gasteiger partial charge in [-0.2, -0.15) is 13.2 Å². The second kappa shape index (κ2) is 13.0. The molecule has 3 aromatic rings. The second-order valence-corrected chi connectivity index (χ2v) is 9.67. The lowest BCUT2D eigenvalue weighted by Crippen LogP contribution is -2.24. The molecule has 39 heavy (non-hydrogen) atoms. The summed E-state index contributed by atoms with van der Waals surface area (Å²) in [5, 5.41) is 9.26. The molecule has 1 saturated carbocycles. The summed E-state index contributed by atoms with van der Waals surface area (Å²) in [5.41, 5.74) is 2.03. The molecule has 0 bridgehead atoms. The normalized spacial score (nSPS) is 15.1. The van der Waals surface area contributed by atoms with Crippen LogP contribution in [0.2, 0.25) is 0 Å². The highest BCUT2D eigenvalue weighted by atomic mass is 19.4.